The summed E-state index contributed by atoms with van der Waals surface area (Å²) in [6.45, 7) is 1.57. The standard InChI is InChI=1S/C6H10N2O2/c1-4(3-7)5(8)6(9)10-2/h3,8H,7H2,1-2H3/b4-3-,8-5?. The minimum absolute atomic E-state index is 0.204. The second kappa shape index (κ2) is 3.66. The molecule has 0 saturated heterocycles. The molecule has 0 heterocycles. The lowest BCUT2D eigenvalue weighted by Crippen LogP contribution is -2.16. The van der Waals surface area contributed by atoms with Crippen molar-refractivity contribution in [3.63, 3.8) is 0 Å². The summed E-state index contributed by atoms with van der Waals surface area (Å²) in [5, 5.41) is 7.08. The van der Waals surface area contributed by atoms with E-state index in [1.54, 1.807) is 6.92 Å². The third-order valence-corrected chi connectivity index (χ3v) is 1.03. The molecule has 0 aromatic heterocycles. The van der Waals surface area contributed by atoms with Crippen molar-refractivity contribution >= 4 is 11.7 Å². The molecule has 0 aliphatic heterocycles. The summed E-state index contributed by atoms with van der Waals surface area (Å²) < 4.78 is 4.28. The van der Waals surface area contributed by atoms with Gasteiger partial charge in [0.1, 0.15) is 5.71 Å². The second-order valence-corrected chi connectivity index (χ2v) is 1.72. The number of esters is 1. The van der Waals surface area contributed by atoms with Crippen LogP contribution in [0.3, 0.4) is 0 Å². The van der Waals surface area contributed by atoms with Crippen LogP contribution in [0.15, 0.2) is 11.8 Å². The Hall–Kier alpha value is -1.32. The maximum Gasteiger partial charge on any atom is 0.356 e. The normalized spacial score (nSPS) is 10.8. The molecule has 10 heavy (non-hydrogen) atoms. The molecule has 56 valence electrons. The summed E-state index contributed by atoms with van der Waals surface area (Å²) in [6, 6.07) is 0. The molecule has 0 rings (SSSR count). The molecule has 0 bridgehead atoms. The highest BCUT2D eigenvalue weighted by molar-refractivity contribution is 6.41. The lowest BCUT2D eigenvalue weighted by molar-refractivity contribution is -0.132. The zero-order valence-corrected chi connectivity index (χ0v) is 5.97. The van der Waals surface area contributed by atoms with E-state index < -0.39 is 5.97 Å². The first-order chi connectivity index (χ1) is 4.63. The zero-order chi connectivity index (χ0) is 8.15. The Balaban J connectivity index is 4.23. The summed E-state index contributed by atoms with van der Waals surface area (Å²) in [5.74, 6) is -0.667. The third kappa shape index (κ3) is 1.89. The van der Waals surface area contributed by atoms with Crippen molar-refractivity contribution in [2.45, 2.75) is 6.92 Å². The first-order valence-electron chi connectivity index (χ1n) is 2.69. The van der Waals surface area contributed by atoms with E-state index in [1.807, 2.05) is 0 Å². The van der Waals surface area contributed by atoms with Gasteiger partial charge in [-0.3, -0.25) is 5.41 Å². The van der Waals surface area contributed by atoms with Gasteiger partial charge in [-0.25, -0.2) is 4.79 Å². The van der Waals surface area contributed by atoms with Gasteiger partial charge in [0.2, 0.25) is 0 Å². The van der Waals surface area contributed by atoms with Gasteiger partial charge in [-0.15, -0.1) is 0 Å². The molecule has 4 nitrogen and oxygen atoms in total. The Kier molecular flexibility index (Phi) is 3.17. The van der Waals surface area contributed by atoms with E-state index in [4.69, 9.17) is 11.1 Å². The number of rotatable bonds is 2. The smallest absolute Gasteiger partial charge is 0.356 e. The van der Waals surface area contributed by atoms with Crippen molar-refractivity contribution in [1.82, 2.24) is 0 Å². The summed E-state index contributed by atoms with van der Waals surface area (Å²) >= 11 is 0. The van der Waals surface area contributed by atoms with Crippen molar-refractivity contribution in [2.75, 3.05) is 7.11 Å². The van der Waals surface area contributed by atoms with Gasteiger partial charge < -0.3 is 10.5 Å². The van der Waals surface area contributed by atoms with E-state index in [2.05, 4.69) is 4.74 Å². The summed E-state index contributed by atoms with van der Waals surface area (Å²) in [4.78, 5) is 10.6. The number of ether oxygens (including phenoxy) is 1. The van der Waals surface area contributed by atoms with E-state index in [-0.39, 0.29) is 5.71 Å². The van der Waals surface area contributed by atoms with Gasteiger partial charge in [-0.05, 0) is 18.7 Å². The third-order valence-electron chi connectivity index (χ3n) is 1.03. The number of methoxy groups -OCH3 is 1. The lowest BCUT2D eigenvalue weighted by atomic mass is 10.2. The van der Waals surface area contributed by atoms with Crippen LogP contribution < -0.4 is 5.73 Å². The quantitative estimate of drug-likeness (QED) is 0.422. The minimum atomic E-state index is -0.667. The predicted molar refractivity (Wildman–Crippen MR) is 37.7 cm³/mol. The van der Waals surface area contributed by atoms with Crippen molar-refractivity contribution in [1.29, 1.82) is 5.41 Å². The Morgan fingerprint density at radius 1 is 1.70 bits per heavy atom. The van der Waals surface area contributed by atoms with Crippen molar-refractivity contribution < 1.29 is 9.53 Å². The number of hydrogen-bond donors (Lipinski definition) is 2. The van der Waals surface area contributed by atoms with Crippen LogP contribution in [0.5, 0.6) is 0 Å². The second-order valence-electron chi connectivity index (χ2n) is 1.72. The lowest BCUT2D eigenvalue weighted by Gasteiger charge is -1.98. The van der Waals surface area contributed by atoms with E-state index in [1.165, 1.54) is 13.3 Å². The van der Waals surface area contributed by atoms with Crippen LogP contribution in [0.4, 0.5) is 0 Å². The van der Waals surface area contributed by atoms with Crippen LogP contribution in [0.25, 0.3) is 0 Å². The van der Waals surface area contributed by atoms with Crippen molar-refractivity contribution in [3.8, 4) is 0 Å². The van der Waals surface area contributed by atoms with Gasteiger partial charge in [0.15, 0.2) is 0 Å². The number of carbonyl (C=O) groups excluding carboxylic acids is 1. The van der Waals surface area contributed by atoms with Gasteiger partial charge in [-0.1, -0.05) is 0 Å². The van der Waals surface area contributed by atoms with Crippen LogP contribution in [0.2, 0.25) is 0 Å². The number of carbonyl (C=O) groups is 1. The molecular formula is C6H10N2O2. The van der Waals surface area contributed by atoms with Crippen LogP contribution in [0, 0.1) is 5.41 Å². The highest BCUT2D eigenvalue weighted by atomic mass is 16.5. The highest BCUT2D eigenvalue weighted by Gasteiger charge is 2.09. The fourth-order valence-corrected chi connectivity index (χ4v) is 0.346. The summed E-state index contributed by atoms with van der Waals surface area (Å²) in [5.41, 5.74) is 5.26. The largest absolute Gasteiger partial charge is 0.464 e. The average molecular weight is 142 g/mol. The molecule has 0 radical (unpaired) electrons. The van der Waals surface area contributed by atoms with Crippen LogP contribution >= 0.6 is 0 Å². The SMILES string of the molecule is COC(=O)C(=N)/C(C)=C\N. The first kappa shape index (κ1) is 8.68. The Labute approximate surface area is 59.2 Å². The fraction of sp³-hybridized carbons (Fsp3) is 0.333. The number of nitrogens with two attached hydrogens (primary N) is 1. The van der Waals surface area contributed by atoms with E-state index in [0.717, 1.165) is 0 Å². The Morgan fingerprint density at radius 3 is 2.50 bits per heavy atom. The van der Waals surface area contributed by atoms with Crippen molar-refractivity contribution in [3.05, 3.63) is 11.8 Å². The molecule has 0 atom stereocenters. The van der Waals surface area contributed by atoms with Gasteiger partial charge in [0.05, 0.1) is 7.11 Å². The average Bonchev–Trinajstić information content (AvgIpc) is 2.00. The highest BCUT2D eigenvalue weighted by Crippen LogP contribution is 1.93. The molecule has 3 N–H and O–H groups in total. The van der Waals surface area contributed by atoms with Crippen LogP contribution in [0.1, 0.15) is 6.92 Å². The molecule has 0 spiro atoms. The molecule has 0 aromatic carbocycles. The molecule has 0 aliphatic carbocycles. The topological polar surface area (TPSA) is 76.2 Å². The fourth-order valence-electron chi connectivity index (χ4n) is 0.346. The minimum Gasteiger partial charge on any atom is -0.464 e. The zero-order valence-electron chi connectivity index (χ0n) is 5.97. The molecule has 0 aliphatic rings. The Morgan fingerprint density at radius 2 is 2.20 bits per heavy atom. The maximum absolute atomic E-state index is 10.6. The molecule has 0 fully saturated rings. The molecule has 0 aromatic rings. The van der Waals surface area contributed by atoms with Gasteiger partial charge in [0, 0.05) is 0 Å². The monoisotopic (exact) mass is 142 g/mol. The number of nitrogens with one attached hydrogen (secondary N) is 1. The summed E-state index contributed by atoms with van der Waals surface area (Å²) in [7, 11) is 1.22. The van der Waals surface area contributed by atoms with Gasteiger partial charge in [0.25, 0.3) is 0 Å². The van der Waals surface area contributed by atoms with Crippen LogP contribution in [-0.4, -0.2) is 18.8 Å². The van der Waals surface area contributed by atoms with Gasteiger partial charge in [-0.2, -0.15) is 0 Å². The molecule has 0 unspecified atom stereocenters. The predicted octanol–water partition coefficient (Wildman–Crippen LogP) is 0.0417. The summed E-state index contributed by atoms with van der Waals surface area (Å²) in [6.07, 6.45) is 1.19. The molecule has 0 saturated carbocycles. The maximum atomic E-state index is 10.6. The number of hydrogen-bond acceptors (Lipinski definition) is 4. The van der Waals surface area contributed by atoms with Crippen molar-refractivity contribution in [2.24, 2.45) is 5.73 Å². The van der Waals surface area contributed by atoms with E-state index in [0.29, 0.717) is 5.57 Å². The molecule has 0 amide bonds. The molecule has 4 heteroatoms. The molecular weight excluding hydrogens is 132 g/mol. The first-order valence-corrected chi connectivity index (χ1v) is 2.69. The van der Waals surface area contributed by atoms with E-state index in [9.17, 15) is 4.79 Å². The Bertz CT molecular complexity index is 184. The van der Waals surface area contributed by atoms with E-state index >= 15 is 0 Å². The van der Waals surface area contributed by atoms with Gasteiger partial charge >= 0.3 is 5.97 Å². The van der Waals surface area contributed by atoms with Crippen LogP contribution in [-0.2, 0) is 9.53 Å².